The monoisotopic (exact) mass is 186 g/mol. The minimum Gasteiger partial charge on any atom is -0.393 e. The van der Waals surface area contributed by atoms with Crippen LogP contribution < -0.4 is 5.32 Å². The molecule has 2 N–H and O–H groups in total. The normalized spacial score (nSPS) is 35.3. The summed E-state index contributed by atoms with van der Waals surface area (Å²) in [5, 5.41) is 12.9. The van der Waals surface area contributed by atoms with Crippen LogP contribution in [0.15, 0.2) is 0 Å². The lowest BCUT2D eigenvalue weighted by Crippen LogP contribution is -2.44. The van der Waals surface area contributed by atoms with Crippen molar-refractivity contribution in [1.82, 2.24) is 10.2 Å². The zero-order valence-electron chi connectivity index (χ0n) is 8.95. The Balaban J connectivity index is 2.44. The molecule has 3 nitrogen and oxygen atoms in total. The third-order valence-electron chi connectivity index (χ3n) is 2.93. The summed E-state index contributed by atoms with van der Waals surface area (Å²) in [6, 6.07) is 0.589. The van der Waals surface area contributed by atoms with Crippen molar-refractivity contribution >= 4 is 0 Å². The molecule has 0 aromatic rings. The largest absolute Gasteiger partial charge is 0.393 e. The maximum Gasteiger partial charge on any atom is 0.0544 e. The van der Waals surface area contributed by atoms with Gasteiger partial charge in [-0.05, 0) is 46.3 Å². The van der Waals surface area contributed by atoms with Gasteiger partial charge in [-0.15, -0.1) is 0 Å². The van der Waals surface area contributed by atoms with Crippen molar-refractivity contribution < 1.29 is 5.11 Å². The maximum atomic E-state index is 9.56. The van der Waals surface area contributed by atoms with E-state index in [1.165, 1.54) is 0 Å². The second-order valence-corrected chi connectivity index (χ2v) is 4.38. The second kappa shape index (κ2) is 4.94. The molecule has 0 radical (unpaired) electrons. The number of nitrogens with one attached hydrogen (secondary N) is 1. The van der Waals surface area contributed by atoms with Crippen LogP contribution in [0.25, 0.3) is 0 Å². The fraction of sp³-hybridized carbons (Fsp3) is 1.00. The van der Waals surface area contributed by atoms with Gasteiger partial charge < -0.3 is 15.3 Å². The molecule has 0 aliphatic heterocycles. The molecule has 78 valence electrons. The van der Waals surface area contributed by atoms with Crippen LogP contribution in [0.1, 0.15) is 19.3 Å². The first-order chi connectivity index (χ1) is 6.13. The Hall–Kier alpha value is -0.120. The predicted octanol–water partition coefficient (Wildman–Crippen LogP) is 0.297. The SMILES string of the molecule is CN[C@@H]1CC[C@@H](O)CC1CN(C)C. The van der Waals surface area contributed by atoms with Gasteiger partial charge >= 0.3 is 0 Å². The summed E-state index contributed by atoms with van der Waals surface area (Å²) in [5.41, 5.74) is 0. The summed E-state index contributed by atoms with van der Waals surface area (Å²) in [6.07, 6.45) is 2.93. The minimum atomic E-state index is -0.0745. The van der Waals surface area contributed by atoms with E-state index in [-0.39, 0.29) is 6.10 Å². The summed E-state index contributed by atoms with van der Waals surface area (Å²) >= 11 is 0. The van der Waals surface area contributed by atoms with Crippen LogP contribution in [-0.2, 0) is 0 Å². The number of hydrogen-bond donors (Lipinski definition) is 2. The molecule has 13 heavy (non-hydrogen) atoms. The maximum absolute atomic E-state index is 9.56. The number of nitrogens with zero attached hydrogens (tertiary/aromatic N) is 1. The van der Waals surface area contributed by atoms with E-state index in [1.54, 1.807) is 0 Å². The average molecular weight is 186 g/mol. The van der Waals surface area contributed by atoms with Crippen LogP contribution in [0.5, 0.6) is 0 Å². The highest BCUT2D eigenvalue weighted by Gasteiger charge is 2.28. The van der Waals surface area contributed by atoms with Gasteiger partial charge in [0, 0.05) is 12.6 Å². The summed E-state index contributed by atoms with van der Waals surface area (Å²) in [6.45, 7) is 1.07. The molecule has 0 bridgehead atoms. The van der Waals surface area contributed by atoms with Crippen LogP contribution in [0.3, 0.4) is 0 Å². The number of aliphatic hydroxyl groups is 1. The third-order valence-corrected chi connectivity index (χ3v) is 2.93. The number of hydrogen-bond acceptors (Lipinski definition) is 3. The molecule has 1 unspecified atom stereocenters. The van der Waals surface area contributed by atoms with E-state index in [4.69, 9.17) is 0 Å². The van der Waals surface area contributed by atoms with Crippen molar-refractivity contribution in [3.8, 4) is 0 Å². The quantitative estimate of drug-likeness (QED) is 0.665. The highest BCUT2D eigenvalue weighted by atomic mass is 16.3. The van der Waals surface area contributed by atoms with Gasteiger partial charge in [0.15, 0.2) is 0 Å². The summed E-state index contributed by atoms with van der Waals surface area (Å²) in [7, 11) is 6.20. The van der Waals surface area contributed by atoms with Crippen molar-refractivity contribution in [3.63, 3.8) is 0 Å². The summed E-state index contributed by atoms with van der Waals surface area (Å²) < 4.78 is 0. The van der Waals surface area contributed by atoms with Gasteiger partial charge in [0.1, 0.15) is 0 Å². The topological polar surface area (TPSA) is 35.5 Å². The van der Waals surface area contributed by atoms with Gasteiger partial charge in [-0.3, -0.25) is 0 Å². The Bertz CT molecular complexity index is 148. The Labute approximate surface area is 81.1 Å². The molecule has 0 aromatic heterocycles. The van der Waals surface area contributed by atoms with Gasteiger partial charge in [0.25, 0.3) is 0 Å². The fourth-order valence-electron chi connectivity index (χ4n) is 2.29. The lowest BCUT2D eigenvalue weighted by atomic mass is 9.82. The molecule has 1 rings (SSSR count). The van der Waals surface area contributed by atoms with Gasteiger partial charge in [0.05, 0.1) is 6.10 Å². The van der Waals surface area contributed by atoms with Crippen LogP contribution in [0, 0.1) is 5.92 Å². The molecule has 1 saturated carbocycles. The van der Waals surface area contributed by atoms with Crippen molar-refractivity contribution in [2.75, 3.05) is 27.7 Å². The van der Waals surface area contributed by atoms with Crippen LogP contribution in [0.2, 0.25) is 0 Å². The minimum absolute atomic E-state index is 0.0745. The average Bonchev–Trinajstić information content (AvgIpc) is 2.03. The molecule has 0 heterocycles. The Morgan fingerprint density at radius 3 is 2.62 bits per heavy atom. The van der Waals surface area contributed by atoms with Crippen LogP contribution in [0.4, 0.5) is 0 Å². The molecule has 0 spiro atoms. The summed E-state index contributed by atoms with van der Waals surface area (Å²) in [4.78, 5) is 2.20. The molecule has 3 atom stereocenters. The van der Waals surface area contributed by atoms with E-state index >= 15 is 0 Å². The van der Waals surface area contributed by atoms with Crippen molar-refractivity contribution in [2.24, 2.45) is 5.92 Å². The molecule has 1 fully saturated rings. The molecular weight excluding hydrogens is 164 g/mol. The third kappa shape index (κ3) is 3.25. The van der Waals surface area contributed by atoms with E-state index in [2.05, 4.69) is 24.3 Å². The van der Waals surface area contributed by atoms with Gasteiger partial charge in [-0.25, -0.2) is 0 Å². The zero-order valence-corrected chi connectivity index (χ0v) is 8.95. The van der Waals surface area contributed by atoms with Gasteiger partial charge in [-0.1, -0.05) is 0 Å². The molecule has 0 aromatic carbocycles. The van der Waals surface area contributed by atoms with Crippen molar-refractivity contribution in [2.45, 2.75) is 31.4 Å². The second-order valence-electron chi connectivity index (χ2n) is 4.38. The lowest BCUT2D eigenvalue weighted by molar-refractivity contribution is 0.0727. The highest BCUT2D eigenvalue weighted by molar-refractivity contribution is 4.84. The molecular formula is C10H22N2O. The first-order valence-electron chi connectivity index (χ1n) is 5.13. The Kier molecular flexibility index (Phi) is 4.16. The predicted molar refractivity (Wildman–Crippen MR) is 54.7 cm³/mol. The molecule has 0 amide bonds. The molecule has 3 heteroatoms. The Morgan fingerprint density at radius 1 is 1.38 bits per heavy atom. The molecule has 0 saturated heterocycles. The van der Waals surface area contributed by atoms with E-state index in [9.17, 15) is 5.11 Å². The zero-order chi connectivity index (χ0) is 9.84. The lowest BCUT2D eigenvalue weighted by Gasteiger charge is -2.35. The van der Waals surface area contributed by atoms with E-state index in [0.717, 1.165) is 25.8 Å². The fourth-order valence-corrected chi connectivity index (χ4v) is 2.29. The molecule has 1 aliphatic carbocycles. The highest BCUT2D eigenvalue weighted by Crippen LogP contribution is 2.24. The first kappa shape index (κ1) is 11.0. The molecule has 1 aliphatic rings. The van der Waals surface area contributed by atoms with Gasteiger partial charge in [0.2, 0.25) is 0 Å². The van der Waals surface area contributed by atoms with Crippen LogP contribution >= 0.6 is 0 Å². The van der Waals surface area contributed by atoms with Crippen LogP contribution in [-0.4, -0.2) is 49.8 Å². The van der Waals surface area contributed by atoms with Crippen molar-refractivity contribution in [1.29, 1.82) is 0 Å². The Morgan fingerprint density at radius 2 is 2.08 bits per heavy atom. The van der Waals surface area contributed by atoms with E-state index < -0.39 is 0 Å². The van der Waals surface area contributed by atoms with E-state index in [1.807, 2.05) is 7.05 Å². The van der Waals surface area contributed by atoms with E-state index in [0.29, 0.717) is 12.0 Å². The number of rotatable bonds is 3. The summed E-state index contributed by atoms with van der Waals surface area (Å²) in [5.74, 6) is 0.601. The standard InChI is InChI=1S/C10H22N2O/c1-11-10-5-4-9(13)6-8(10)7-12(2)3/h8-11,13H,4-7H2,1-3H3/t8?,9-,10-/m1/s1. The van der Waals surface area contributed by atoms with Gasteiger partial charge in [-0.2, -0.15) is 0 Å². The van der Waals surface area contributed by atoms with Crippen molar-refractivity contribution in [3.05, 3.63) is 0 Å². The number of aliphatic hydroxyl groups excluding tert-OH is 1. The first-order valence-corrected chi connectivity index (χ1v) is 5.13. The smallest absolute Gasteiger partial charge is 0.0544 e.